The highest BCUT2D eigenvalue weighted by Crippen LogP contribution is 2.69. The number of nitrogens with zero attached hydrogens (tertiary/aromatic N) is 2. The van der Waals surface area contributed by atoms with Crippen LogP contribution >= 0.6 is 26.5 Å². The number of aryl methyl sites for hydroxylation is 1. The van der Waals surface area contributed by atoms with Gasteiger partial charge in [0.1, 0.15) is 0 Å². The van der Waals surface area contributed by atoms with Crippen molar-refractivity contribution in [2.24, 2.45) is 4.99 Å². The van der Waals surface area contributed by atoms with E-state index < -0.39 is 26.7 Å². The number of para-hydroxylation sites is 1. The van der Waals surface area contributed by atoms with Crippen molar-refractivity contribution < 1.29 is 33.8 Å². The Labute approximate surface area is 147 Å². The summed E-state index contributed by atoms with van der Waals surface area (Å²) in [5.41, 5.74) is 1.33. The summed E-state index contributed by atoms with van der Waals surface area (Å²) in [4.78, 5) is 41.7. The molecule has 138 valence electrons. The maximum atomic E-state index is 11.4. The van der Waals surface area contributed by atoms with Crippen molar-refractivity contribution in [3.8, 4) is 0 Å². The molecule has 0 saturated heterocycles. The lowest BCUT2D eigenvalue weighted by Gasteiger charge is -2.29. The van der Waals surface area contributed by atoms with Crippen LogP contribution in [-0.4, -0.2) is 34.3 Å². The van der Waals surface area contributed by atoms with Gasteiger partial charge in [-0.2, -0.15) is 0 Å². The predicted molar refractivity (Wildman–Crippen MR) is 92.4 cm³/mol. The molecule has 0 aliphatic rings. The molecule has 12 heteroatoms. The maximum Gasteiger partial charge on any atom is 0.369 e. The van der Waals surface area contributed by atoms with Gasteiger partial charge in [0.15, 0.2) is 4.80 Å². The molecule has 0 aliphatic heterocycles. The van der Waals surface area contributed by atoms with Gasteiger partial charge in [0, 0.05) is 24.0 Å². The molecule has 9 nitrogen and oxygen atoms in total. The number of rotatable bonds is 6. The Morgan fingerprint density at radius 3 is 2.20 bits per heavy atom. The van der Waals surface area contributed by atoms with Crippen LogP contribution in [0.25, 0.3) is 0 Å². The van der Waals surface area contributed by atoms with E-state index in [1.165, 1.54) is 15.9 Å². The SMILES string of the molecule is Cc1csc(=Nc2ccccc2)n1CCC(O)(P(=O)(O)O)P(=O)(O)O. The fraction of sp³-hybridized carbons (Fsp3) is 0.308. The average molecular weight is 408 g/mol. The van der Waals surface area contributed by atoms with Crippen LogP contribution in [0.3, 0.4) is 0 Å². The van der Waals surface area contributed by atoms with Crippen molar-refractivity contribution in [2.45, 2.75) is 25.0 Å². The van der Waals surface area contributed by atoms with Crippen molar-refractivity contribution in [3.63, 3.8) is 0 Å². The van der Waals surface area contributed by atoms with E-state index in [9.17, 15) is 33.8 Å². The summed E-state index contributed by atoms with van der Waals surface area (Å²) in [6, 6.07) is 8.95. The van der Waals surface area contributed by atoms with E-state index in [4.69, 9.17) is 0 Å². The number of thiazole rings is 1. The fourth-order valence-electron chi connectivity index (χ4n) is 2.11. The molecule has 2 rings (SSSR count). The lowest BCUT2D eigenvalue weighted by Crippen LogP contribution is -2.31. The topological polar surface area (TPSA) is 153 Å². The van der Waals surface area contributed by atoms with Crippen LogP contribution in [0.5, 0.6) is 0 Å². The summed E-state index contributed by atoms with van der Waals surface area (Å²) in [6.07, 6.45) is -0.832. The summed E-state index contributed by atoms with van der Waals surface area (Å²) in [5.74, 6) is 0. The van der Waals surface area contributed by atoms with Crippen LogP contribution in [0.4, 0.5) is 5.69 Å². The zero-order chi connectivity index (χ0) is 18.9. The summed E-state index contributed by atoms with van der Waals surface area (Å²) >= 11 is 1.26. The highest BCUT2D eigenvalue weighted by atomic mass is 32.1. The molecule has 1 heterocycles. The normalized spacial score (nSPS) is 14.1. The van der Waals surface area contributed by atoms with Crippen molar-refractivity contribution >= 4 is 32.2 Å². The number of hydrogen-bond acceptors (Lipinski definition) is 5. The third-order valence-corrected chi connectivity index (χ3v) is 8.43. The minimum atomic E-state index is -5.47. The zero-order valence-corrected chi connectivity index (χ0v) is 15.7. The highest BCUT2D eigenvalue weighted by molar-refractivity contribution is 7.72. The van der Waals surface area contributed by atoms with Gasteiger partial charge in [0.25, 0.3) is 5.08 Å². The van der Waals surface area contributed by atoms with Gasteiger partial charge in [-0.05, 0) is 19.1 Å². The van der Waals surface area contributed by atoms with Gasteiger partial charge in [-0.1, -0.05) is 18.2 Å². The van der Waals surface area contributed by atoms with Crippen LogP contribution in [0, 0.1) is 6.92 Å². The molecule has 0 radical (unpaired) electrons. The van der Waals surface area contributed by atoms with Gasteiger partial charge in [0.2, 0.25) is 0 Å². The molecule has 5 N–H and O–H groups in total. The first-order valence-electron chi connectivity index (χ1n) is 7.04. The van der Waals surface area contributed by atoms with Gasteiger partial charge < -0.3 is 29.2 Å². The van der Waals surface area contributed by atoms with Crippen LogP contribution in [0.15, 0.2) is 40.7 Å². The van der Waals surface area contributed by atoms with E-state index in [2.05, 4.69) is 4.99 Å². The third-order valence-electron chi connectivity index (χ3n) is 3.58. The molecule has 0 atom stereocenters. The van der Waals surface area contributed by atoms with Crippen molar-refractivity contribution in [3.05, 3.63) is 46.2 Å². The lowest BCUT2D eigenvalue weighted by molar-refractivity contribution is 0.118. The number of aromatic nitrogens is 1. The van der Waals surface area contributed by atoms with Gasteiger partial charge in [-0.3, -0.25) is 9.13 Å². The first-order valence-corrected chi connectivity index (χ1v) is 11.1. The smallest absolute Gasteiger partial charge is 0.367 e. The molecule has 0 spiro atoms. The Hall–Kier alpha value is -1.09. The molecule has 0 saturated carbocycles. The predicted octanol–water partition coefficient (Wildman–Crippen LogP) is 1.48. The molecular weight excluding hydrogens is 390 g/mol. The first-order chi connectivity index (χ1) is 11.5. The number of aliphatic hydroxyl groups is 1. The molecule has 1 aromatic heterocycles. The maximum absolute atomic E-state index is 11.4. The van der Waals surface area contributed by atoms with Crippen molar-refractivity contribution in [1.82, 2.24) is 4.57 Å². The second-order valence-corrected chi connectivity index (χ2v) is 10.2. The standard InChI is InChI=1S/C13H18N2O7P2S/c1-10-9-25-12(14-11-5-3-2-4-6-11)15(10)8-7-13(16,23(17,18)19)24(20,21)22/h2-6,9,16H,7-8H2,1H3,(H2,17,18,19)(H2,20,21,22). The van der Waals surface area contributed by atoms with E-state index in [-0.39, 0.29) is 6.54 Å². The van der Waals surface area contributed by atoms with Gasteiger partial charge in [-0.25, -0.2) is 4.99 Å². The second kappa shape index (κ2) is 7.26. The Balaban J connectivity index is 2.39. The molecule has 0 bridgehead atoms. The third kappa shape index (κ3) is 4.36. The van der Waals surface area contributed by atoms with E-state index >= 15 is 0 Å². The van der Waals surface area contributed by atoms with Crippen molar-refractivity contribution in [2.75, 3.05) is 0 Å². The van der Waals surface area contributed by atoms with E-state index in [0.29, 0.717) is 16.2 Å². The Bertz CT molecular complexity index is 875. The Morgan fingerprint density at radius 2 is 1.68 bits per heavy atom. The van der Waals surface area contributed by atoms with E-state index in [1.807, 2.05) is 6.07 Å². The monoisotopic (exact) mass is 408 g/mol. The molecule has 25 heavy (non-hydrogen) atoms. The number of benzene rings is 1. The summed E-state index contributed by atoms with van der Waals surface area (Å²) in [7, 11) is -10.9. The molecule has 0 aliphatic carbocycles. The van der Waals surface area contributed by atoms with Crippen LogP contribution in [0.1, 0.15) is 12.1 Å². The van der Waals surface area contributed by atoms with E-state index in [1.54, 1.807) is 36.6 Å². The first kappa shape index (κ1) is 20.2. The summed E-state index contributed by atoms with van der Waals surface area (Å²) in [6.45, 7) is 1.49. The Morgan fingerprint density at radius 1 is 1.12 bits per heavy atom. The van der Waals surface area contributed by atoms with Crippen LogP contribution in [0.2, 0.25) is 0 Å². The average Bonchev–Trinajstić information content (AvgIpc) is 2.84. The van der Waals surface area contributed by atoms with Crippen molar-refractivity contribution in [1.29, 1.82) is 0 Å². The molecule has 2 aromatic rings. The van der Waals surface area contributed by atoms with Gasteiger partial charge in [-0.15, -0.1) is 11.3 Å². The highest BCUT2D eigenvalue weighted by Gasteiger charge is 2.58. The molecule has 0 fully saturated rings. The number of hydrogen-bond donors (Lipinski definition) is 5. The molecule has 1 aromatic carbocycles. The minimum Gasteiger partial charge on any atom is -0.367 e. The quantitative estimate of drug-likeness (QED) is 0.454. The lowest BCUT2D eigenvalue weighted by atomic mass is 10.3. The largest absolute Gasteiger partial charge is 0.369 e. The summed E-state index contributed by atoms with van der Waals surface area (Å²) in [5, 5.41) is 8.29. The molecule has 0 amide bonds. The van der Waals surface area contributed by atoms with Crippen LogP contribution in [-0.2, 0) is 15.7 Å². The molecule has 0 unspecified atom stereocenters. The summed E-state index contributed by atoms with van der Waals surface area (Å²) < 4.78 is 24.4. The van der Waals surface area contributed by atoms with Crippen LogP contribution < -0.4 is 4.80 Å². The Kier molecular flexibility index (Phi) is 5.88. The van der Waals surface area contributed by atoms with Gasteiger partial charge >= 0.3 is 15.2 Å². The minimum absolute atomic E-state index is 0.228. The zero-order valence-electron chi connectivity index (χ0n) is 13.1. The molecular formula is C13H18N2O7P2S. The van der Waals surface area contributed by atoms with Gasteiger partial charge in [0.05, 0.1) is 5.69 Å². The second-order valence-electron chi connectivity index (χ2n) is 5.37. The van der Waals surface area contributed by atoms with E-state index in [0.717, 1.165) is 0 Å². The fourth-order valence-corrected chi connectivity index (χ4v) is 5.17.